The molecule has 2 atom stereocenters. The molecule has 2 N–H and O–H groups in total. The van der Waals surface area contributed by atoms with Crippen LogP contribution in [0.5, 0.6) is 5.75 Å². The Hall–Kier alpha value is -2.33. The zero-order valence-electron chi connectivity index (χ0n) is 15.5. The van der Waals surface area contributed by atoms with Crippen molar-refractivity contribution in [2.45, 2.75) is 39.3 Å². The Balaban J connectivity index is 1.95. The van der Waals surface area contributed by atoms with E-state index in [2.05, 4.69) is 36.6 Å². The monoisotopic (exact) mass is 340 g/mol. The van der Waals surface area contributed by atoms with Gasteiger partial charge in [0, 0.05) is 24.7 Å². The number of rotatable bonds is 8. The molecule has 0 aromatic heterocycles. The highest BCUT2D eigenvalue weighted by Crippen LogP contribution is 2.22. The molecule has 2 aromatic rings. The van der Waals surface area contributed by atoms with Crippen LogP contribution in [0.2, 0.25) is 0 Å². The van der Waals surface area contributed by atoms with Gasteiger partial charge in [0.1, 0.15) is 5.75 Å². The summed E-state index contributed by atoms with van der Waals surface area (Å²) in [5.41, 5.74) is 3.09. The predicted molar refractivity (Wildman–Crippen MR) is 102 cm³/mol. The molecule has 4 nitrogen and oxygen atoms in total. The highest BCUT2D eigenvalue weighted by atomic mass is 16.5. The highest BCUT2D eigenvalue weighted by Gasteiger charge is 2.14. The summed E-state index contributed by atoms with van der Waals surface area (Å²) in [6, 6.07) is 16.3. The molecule has 0 heterocycles. The van der Waals surface area contributed by atoms with Gasteiger partial charge in [-0.25, -0.2) is 0 Å². The maximum absolute atomic E-state index is 11.9. The van der Waals surface area contributed by atoms with E-state index in [0.717, 1.165) is 17.9 Å². The number of benzene rings is 2. The Morgan fingerprint density at radius 2 is 1.84 bits per heavy atom. The third-order valence-corrected chi connectivity index (χ3v) is 4.55. The molecular formula is C21H28N2O2. The molecular weight excluding hydrogens is 312 g/mol. The molecule has 0 radical (unpaired) electrons. The van der Waals surface area contributed by atoms with E-state index in [1.807, 2.05) is 43.3 Å². The van der Waals surface area contributed by atoms with Gasteiger partial charge in [-0.15, -0.1) is 0 Å². The van der Waals surface area contributed by atoms with E-state index in [1.54, 1.807) is 7.11 Å². The van der Waals surface area contributed by atoms with Crippen molar-refractivity contribution in [2.75, 3.05) is 13.7 Å². The molecule has 25 heavy (non-hydrogen) atoms. The second-order valence-electron chi connectivity index (χ2n) is 6.29. The summed E-state index contributed by atoms with van der Waals surface area (Å²) in [7, 11) is 1.68. The second-order valence-corrected chi connectivity index (χ2v) is 6.29. The first-order valence-electron chi connectivity index (χ1n) is 8.79. The third-order valence-electron chi connectivity index (χ3n) is 4.55. The fraction of sp³-hybridized carbons (Fsp3) is 0.381. The van der Waals surface area contributed by atoms with Gasteiger partial charge in [-0.05, 0) is 55.2 Å². The molecule has 4 heteroatoms. The van der Waals surface area contributed by atoms with Gasteiger partial charge in [-0.2, -0.15) is 0 Å². The van der Waals surface area contributed by atoms with Crippen LogP contribution in [0.4, 0.5) is 0 Å². The van der Waals surface area contributed by atoms with Crippen molar-refractivity contribution in [2.24, 2.45) is 0 Å². The van der Waals surface area contributed by atoms with Gasteiger partial charge >= 0.3 is 0 Å². The summed E-state index contributed by atoms with van der Waals surface area (Å²) in [6.07, 6.45) is 0. The van der Waals surface area contributed by atoms with Crippen molar-refractivity contribution >= 4 is 5.91 Å². The fourth-order valence-corrected chi connectivity index (χ4v) is 2.74. The number of hydrogen-bond acceptors (Lipinski definition) is 3. The standard InChI is InChI=1S/C21H28N2O2/c1-5-22-21(24)19-8-6-7-17(13-19)14-23-16(3)15(2)18-9-11-20(25-4)12-10-18/h6-13,15-16,23H,5,14H2,1-4H3,(H,22,24). The number of ether oxygens (including phenoxy) is 1. The van der Waals surface area contributed by atoms with Crippen molar-refractivity contribution in [3.63, 3.8) is 0 Å². The average molecular weight is 340 g/mol. The van der Waals surface area contributed by atoms with E-state index in [0.29, 0.717) is 24.1 Å². The summed E-state index contributed by atoms with van der Waals surface area (Å²) in [4.78, 5) is 11.9. The largest absolute Gasteiger partial charge is 0.497 e. The maximum atomic E-state index is 11.9. The Morgan fingerprint density at radius 3 is 2.48 bits per heavy atom. The van der Waals surface area contributed by atoms with Crippen LogP contribution in [0.3, 0.4) is 0 Å². The smallest absolute Gasteiger partial charge is 0.251 e. The SMILES string of the molecule is CCNC(=O)c1cccc(CNC(C)C(C)c2ccc(OC)cc2)c1. The molecule has 0 fully saturated rings. The molecule has 0 aliphatic rings. The highest BCUT2D eigenvalue weighted by molar-refractivity contribution is 5.94. The molecule has 0 aliphatic carbocycles. The van der Waals surface area contributed by atoms with Crippen molar-refractivity contribution < 1.29 is 9.53 Å². The topological polar surface area (TPSA) is 50.4 Å². The van der Waals surface area contributed by atoms with E-state index in [-0.39, 0.29) is 5.91 Å². The molecule has 0 saturated heterocycles. The number of hydrogen-bond donors (Lipinski definition) is 2. The number of nitrogens with one attached hydrogen (secondary N) is 2. The minimum atomic E-state index is -0.0241. The molecule has 0 bridgehead atoms. The van der Waals surface area contributed by atoms with Crippen LogP contribution in [0.25, 0.3) is 0 Å². The summed E-state index contributed by atoms with van der Waals surface area (Å²) in [6.45, 7) is 7.69. The van der Waals surface area contributed by atoms with Crippen molar-refractivity contribution in [1.29, 1.82) is 0 Å². The number of carbonyl (C=O) groups excluding carboxylic acids is 1. The summed E-state index contributed by atoms with van der Waals surface area (Å²) < 4.78 is 5.21. The normalized spacial score (nSPS) is 13.1. The zero-order chi connectivity index (χ0) is 18.2. The van der Waals surface area contributed by atoms with Gasteiger partial charge in [0.15, 0.2) is 0 Å². The van der Waals surface area contributed by atoms with Gasteiger partial charge < -0.3 is 15.4 Å². The van der Waals surface area contributed by atoms with Crippen LogP contribution in [0.1, 0.15) is 48.2 Å². The molecule has 0 aliphatic heterocycles. The van der Waals surface area contributed by atoms with Crippen LogP contribution in [-0.4, -0.2) is 25.6 Å². The first kappa shape index (κ1) is 19.0. The van der Waals surface area contributed by atoms with E-state index >= 15 is 0 Å². The Kier molecular flexibility index (Phi) is 7.02. The van der Waals surface area contributed by atoms with Crippen molar-refractivity contribution in [3.05, 3.63) is 65.2 Å². The van der Waals surface area contributed by atoms with E-state index < -0.39 is 0 Å². The zero-order valence-corrected chi connectivity index (χ0v) is 15.5. The van der Waals surface area contributed by atoms with Gasteiger partial charge in [-0.1, -0.05) is 31.2 Å². The summed E-state index contributed by atoms with van der Waals surface area (Å²) in [5, 5.41) is 6.39. The number of carbonyl (C=O) groups is 1. The number of amides is 1. The third kappa shape index (κ3) is 5.33. The maximum Gasteiger partial charge on any atom is 0.251 e. The van der Waals surface area contributed by atoms with Crippen molar-refractivity contribution in [3.8, 4) is 5.75 Å². The van der Waals surface area contributed by atoms with E-state index in [1.165, 1.54) is 5.56 Å². The second kappa shape index (κ2) is 9.23. The Labute approximate surface area is 150 Å². The molecule has 0 saturated carbocycles. The van der Waals surface area contributed by atoms with Crippen LogP contribution in [0.15, 0.2) is 48.5 Å². The Bertz CT molecular complexity index is 683. The van der Waals surface area contributed by atoms with Crippen LogP contribution < -0.4 is 15.4 Å². The molecule has 134 valence electrons. The van der Waals surface area contributed by atoms with Gasteiger partial charge in [0.05, 0.1) is 7.11 Å². The van der Waals surface area contributed by atoms with E-state index in [4.69, 9.17) is 4.74 Å². The van der Waals surface area contributed by atoms with Gasteiger partial charge in [0.25, 0.3) is 5.91 Å². The van der Waals surface area contributed by atoms with E-state index in [9.17, 15) is 4.79 Å². The summed E-state index contributed by atoms with van der Waals surface area (Å²) in [5.74, 6) is 1.22. The van der Waals surface area contributed by atoms with Gasteiger partial charge in [-0.3, -0.25) is 4.79 Å². The molecule has 2 rings (SSSR count). The molecule has 2 aromatic carbocycles. The molecule has 2 unspecified atom stereocenters. The van der Waals surface area contributed by atoms with Gasteiger partial charge in [0.2, 0.25) is 0 Å². The minimum absolute atomic E-state index is 0.0241. The fourth-order valence-electron chi connectivity index (χ4n) is 2.74. The number of methoxy groups -OCH3 is 1. The molecule has 1 amide bonds. The van der Waals surface area contributed by atoms with Crippen molar-refractivity contribution in [1.82, 2.24) is 10.6 Å². The first-order chi connectivity index (χ1) is 12.0. The average Bonchev–Trinajstić information content (AvgIpc) is 2.66. The lowest BCUT2D eigenvalue weighted by molar-refractivity contribution is 0.0955. The minimum Gasteiger partial charge on any atom is -0.497 e. The lowest BCUT2D eigenvalue weighted by Gasteiger charge is -2.22. The first-order valence-corrected chi connectivity index (χ1v) is 8.79. The van der Waals surface area contributed by atoms with Crippen LogP contribution in [0, 0.1) is 0 Å². The molecule has 0 spiro atoms. The lowest BCUT2D eigenvalue weighted by atomic mass is 9.94. The van der Waals surface area contributed by atoms with Crippen LogP contribution >= 0.6 is 0 Å². The predicted octanol–water partition coefficient (Wildman–Crippen LogP) is 3.73. The quantitative estimate of drug-likeness (QED) is 0.770. The lowest BCUT2D eigenvalue weighted by Crippen LogP contribution is -2.30. The Morgan fingerprint density at radius 1 is 1.12 bits per heavy atom. The summed E-state index contributed by atoms with van der Waals surface area (Å²) >= 11 is 0. The van der Waals surface area contributed by atoms with Crippen LogP contribution in [-0.2, 0) is 6.54 Å².